The number of hydrogen-bond acceptors (Lipinski definition) is 4. The maximum Gasteiger partial charge on any atom is 0.170 e. The van der Waals surface area contributed by atoms with Gasteiger partial charge in [-0.1, -0.05) is 35.3 Å². The van der Waals surface area contributed by atoms with E-state index in [1.54, 1.807) is 12.1 Å². The van der Waals surface area contributed by atoms with Crippen LogP contribution < -0.4 is 11.1 Å². The molecule has 1 saturated carbocycles. The predicted molar refractivity (Wildman–Crippen MR) is 79.0 cm³/mol. The van der Waals surface area contributed by atoms with Gasteiger partial charge in [0, 0.05) is 23.7 Å². The molecule has 0 bridgehead atoms. The quantitative estimate of drug-likeness (QED) is 0.288. The second-order valence-corrected chi connectivity index (χ2v) is 5.59. The molecule has 0 heterocycles. The molecule has 1 aromatic carbocycles. The van der Waals surface area contributed by atoms with E-state index in [4.69, 9.17) is 22.5 Å². The predicted octanol–water partition coefficient (Wildman–Crippen LogP) is 1.69. The Labute approximate surface area is 123 Å². The first-order valence-electron chi connectivity index (χ1n) is 6.77. The summed E-state index contributed by atoms with van der Waals surface area (Å²) in [5, 5.41) is 25.2. The Balaban J connectivity index is 1.90. The van der Waals surface area contributed by atoms with Gasteiger partial charge in [-0.3, -0.25) is 0 Å². The average Bonchev–Trinajstić information content (AvgIpc) is 2.85. The lowest BCUT2D eigenvalue weighted by atomic mass is 10.1. The molecule has 5 nitrogen and oxygen atoms in total. The van der Waals surface area contributed by atoms with Gasteiger partial charge in [-0.25, -0.2) is 0 Å². The van der Waals surface area contributed by atoms with Crippen LogP contribution in [-0.2, 0) is 6.54 Å². The zero-order chi connectivity index (χ0) is 14.5. The topological polar surface area (TPSA) is 90.9 Å². The summed E-state index contributed by atoms with van der Waals surface area (Å²) in [5.74, 6) is 0.380. The number of nitrogens with zero attached hydrogens (tertiary/aromatic N) is 1. The van der Waals surface area contributed by atoms with Gasteiger partial charge < -0.3 is 21.4 Å². The van der Waals surface area contributed by atoms with Crippen molar-refractivity contribution in [2.45, 2.75) is 31.9 Å². The van der Waals surface area contributed by atoms with Crippen LogP contribution in [0.4, 0.5) is 0 Å². The monoisotopic (exact) mass is 297 g/mol. The third kappa shape index (κ3) is 3.62. The van der Waals surface area contributed by atoms with Crippen molar-refractivity contribution in [2.75, 3.05) is 6.54 Å². The van der Waals surface area contributed by atoms with Gasteiger partial charge in [-0.05, 0) is 30.4 Å². The Kier molecular flexibility index (Phi) is 5.23. The van der Waals surface area contributed by atoms with Gasteiger partial charge in [-0.15, -0.1) is 0 Å². The minimum absolute atomic E-state index is 0.0421. The van der Waals surface area contributed by atoms with Gasteiger partial charge in [0.2, 0.25) is 0 Å². The summed E-state index contributed by atoms with van der Waals surface area (Å²) in [6.45, 7) is 1.43. The number of benzene rings is 1. The van der Waals surface area contributed by atoms with Gasteiger partial charge in [0.25, 0.3) is 0 Å². The molecule has 2 rings (SSSR count). The fraction of sp³-hybridized carbons (Fsp3) is 0.500. The third-order valence-corrected chi connectivity index (χ3v) is 4.15. The van der Waals surface area contributed by atoms with Crippen LogP contribution in [0.5, 0.6) is 0 Å². The molecular formula is C14H20ClN3O2. The van der Waals surface area contributed by atoms with Crippen LogP contribution in [0.3, 0.4) is 0 Å². The molecule has 6 heteroatoms. The number of rotatable bonds is 5. The van der Waals surface area contributed by atoms with Crippen molar-refractivity contribution >= 4 is 17.4 Å². The molecule has 1 aliphatic rings. The minimum atomic E-state index is -0.180. The molecule has 5 N–H and O–H groups in total. The van der Waals surface area contributed by atoms with Crippen molar-refractivity contribution in [1.82, 2.24) is 5.32 Å². The molecule has 0 radical (unpaired) electrons. The highest BCUT2D eigenvalue weighted by Crippen LogP contribution is 2.25. The number of oxime groups is 1. The van der Waals surface area contributed by atoms with E-state index < -0.39 is 0 Å². The number of amidine groups is 1. The molecule has 0 spiro atoms. The first kappa shape index (κ1) is 15.1. The third-order valence-electron chi connectivity index (χ3n) is 3.80. The van der Waals surface area contributed by atoms with E-state index in [9.17, 15) is 5.11 Å². The number of aliphatic hydroxyl groups excluding tert-OH is 1. The van der Waals surface area contributed by atoms with E-state index in [2.05, 4.69) is 10.5 Å². The van der Waals surface area contributed by atoms with E-state index in [0.29, 0.717) is 23.0 Å². The van der Waals surface area contributed by atoms with Gasteiger partial charge in [0.1, 0.15) is 0 Å². The maximum absolute atomic E-state index is 9.75. The number of hydrogen-bond donors (Lipinski definition) is 4. The van der Waals surface area contributed by atoms with E-state index >= 15 is 0 Å². The molecule has 2 atom stereocenters. The highest BCUT2D eigenvalue weighted by Gasteiger charge is 2.24. The molecule has 0 saturated heterocycles. The smallest absolute Gasteiger partial charge is 0.170 e. The first-order chi connectivity index (χ1) is 9.61. The Morgan fingerprint density at radius 1 is 1.45 bits per heavy atom. The van der Waals surface area contributed by atoms with Crippen LogP contribution in [0, 0.1) is 5.92 Å². The first-order valence-corrected chi connectivity index (χ1v) is 7.14. The molecule has 20 heavy (non-hydrogen) atoms. The lowest BCUT2D eigenvalue weighted by molar-refractivity contribution is 0.131. The van der Waals surface area contributed by atoms with Crippen LogP contribution in [0.2, 0.25) is 5.02 Å². The van der Waals surface area contributed by atoms with Gasteiger partial charge in [0.15, 0.2) is 5.84 Å². The summed E-state index contributed by atoms with van der Waals surface area (Å²) >= 11 is 6.17. The number of aliphatic hydroxyl groups is 1. The van der Waals surface area contributed by atoms with Crippen LogP contribution in [0.15, 0.2) is 23.4 Å². The van der Waals surface area contributed by atoms with Crippen molar-refractivity contribution in [3.05, 3.63) is 34.3 Å². The Hall–Kier alpha value is -1.30. The SMILES string of the molecule is N/C(=N/O)c1ccc(CNCC2CCCC2O)c(Cl)c1. The Morgan fingerprint density at radius 3 is 2.85 bits per heavy atom. The van der Waals surface area contributed by atoms with E-state index in [-0.39, 0.29) is 11.9 Å². The van der Waals surface area contributed by atoms with E-state index in [1.165, 1.54) is 0 Å². The van der Waals surface area contributed by atoms with Gasteiger partial charge in [-0.2, -0.15) is 0 Å². The molecule has 1 aliphatic carbocycles. The standard InChI is InChI=1S/C14H20ClN3O2/c15-12-6-9(14(16)18-20)4-5-10(12)7-17-8-11-2-1-3-13(11)19/h4-6,11,13,17,19-20H,1-3,7-8H2,(H2,16,18). The summed E-state index contributed by atoms with van der Waals surface area (Å²) in [4.78, 5) is 0. The molecule has 0 aliphatic heterocycles. The van der Waals surface area contributed by atoms with Crippen LogP contribution in [-0.4, -0.2) is 28.8 Å². The molecule has 110 valence electrons. The zero-order valence-corrected chi connectivity index (χ0v) is 12.0. The second kappa shape index (κ2) is 6.92. The second-order valence-electron chi connectivity index (χ2n) is 5.18. The number of halogens is 1. The summed E-state index contributed by atoms with van der Waals surface area (Å²) in [5.41, 5.74) is 7.05. The van der Waals surface area contributed by atoms with Crippen LogP contribution >= 0.6 is 11.6 Å². The molecule has 0 aromatic heterocycles. The van der Waals surface area contributed by atoms with Crippen molar-refractivity contribution in [2.24, 2.45) is 16.8 Å². The highest BCUT2D eigenvalue weighted by atomic mass is 35.5. The summed E-state index contributed by atoms with van der Waals surface area (Å²) in [6, 6.07) is 5.30. The van der Waals surface area contributed by atoms with E-state index in [1.807, 2.05) is 6.07 Å². The summed E-state index contributed by atoms with van der Waals surface area (Å²) < 4.78 is 0. The highest BCUT2D eigenvalue weighted by molar-refractivity contribution is 6.31. The summed E-state index contributed by atoms with van der Waals surface area (Å²) in [6.07, 6.45) is 2.90. The summed E-state index contributed by atoms with van der Waals surface area (Å²) in [7, 11) is 0. The van der Waals surface area contributed by atoms with Gasteiger partial charge in [0.05, 0.1) is 6.10 Å². The largest absolute Gasteiger partial charge is 0.409 e. The average molecular weight is 298 g/mol. The van der Waals surface area contributed by atoms with Crippen molar-refractivity contribution in [3.63, 3.8) is 0 Å². The Morgan fingerprint density at radius 2 is 2.25 bits per heavy atom. The van der Waals surface area contributed by atoms with Gasteiger partial charge >= 0.3 is 0 Å². The zero-order valence-electron chi connectivity index (χ0n) is 11.2. The van der Waals surface area contributed by atoms with Crippen LogP contribution in [0.1, 0.15) is 30.4 Å². The maximum atomic E-state index is 9.75. The molecule has 0 amide bonds. The minimum Gasteiger partial charge on any atom is -0.409 e. The lowest BCUT2D eigenvalue weighted by Gasteiger charge is -2.15. The number of nitrogens with one attached hydrogen (secondary N) is 1. The Bertz CT molecular complexity index is 493. The molecular weight excluding hydrogens is 278 g/mol. The lowest BCUT2D eigenvalue weighted by Crippen LogP contribution is -2.27. The van der Waals surface area contributed by atoms with Crippen LogP contribution in [0.25, 0.3) is 0 Å². The fourth-order valence-corrected chi connectivity index (χ4v) is 2.80. The molecule has 2 unspecified atom stereocenters. The van der Waals surface area contributed by atoms with Crippen molar-refractivity contribution < 1.29 is 10.3 Å². The van der Waals surface area contributed by atoms with Crippen molar-refractivity contribution in [3.8, 4) is 0 Å². The molecule has 1 aromatic rings. The fourth-order valence-electron chi connectivity index (χ4n) is 2.56. The number of nitrogens with two attached hydrogens (primary N) is 1. The molecule has 1 fully saturated rings. The van der Waals surface area contributed by atoms with E-state index in [0.717, 1.165) is 31.4 Å². The van der Waals surface area contributed by atoms with Crippen molar-refractivity contribution in [1.29, 1.82) is 0 Å². The normalized spacial score (nSPS) is 23.2.